The molecule has 0 atom stereocenters. The Kier molecular flexibility index (Phi) is 5.71. The molecule has 12 heteroatoms. The van der Waals surface area contributed by atoms with Crippen molar-refractivity contribution in [1.82, 2.24) is 24.6 Å². The van der Waals surface area contributed by atoms with Gasteiger partial charge in [0.2, 0.25) is 0 Å². The smallest absolute Gasteiger partial charge is 0.368 e. The van der Waals surface area contributed by atoms with Crippen LogP contribution < -0.4 is 10.5 Å². The molecule has 0 saturated carbocycles. The van der Waals surface area contributed by atoms with E-state index in [0.29, 0.717) is 29.7 Å². The summed E-state index contributed by atoms with van der Waals surface area (Å²) in [6.07, 6.45) is -3.03. The first-order valence-corrected chi connectivity index (χ1v) is 10.8. The van der Waals surface area contributed by atoms with Gasteiger partial charge in [-0.25, -0.2) is 4.98 Å². The second-order valence-corrected chi connectivity index (χ2v) is 8.04. The second kappa shape index (κ2) is 8.85. The molecule has 0 aliphatic carbocycles. The van der Waals surface area contributed by atoms with Crippen LogP contribution in [0.1, 0.15) is 22.1 Å². The van der Waals surface area contributed by atoms with Gasteiger partial charge in [-0.2, -0.15) is 18.2 Å². The molecule has 0 unspecified atom stereocenters. The van der Waals surface area contributed by atoms with Gasteiger partial charge in [0.05, 0.1) is 29.3 Å². The van der Waals surface area contributed by atoms with Crippen LogP contribution in [0, 0.1) is 0 Å². The summed E-state index contributed by atoms with van der Waals surface area (Å²) in [7, 11) is 0. The van der Waals surface area contributed by atoms with E-state index in [2.05, 4.69) is 15.1 Å². The molecule has 1 fully saturated rings. The van der Waals surface area contributed by atoms with E-state index in [0.717, 1.165) is 12.1 Å². The number of amides is 1. The summed E-state index contributed by atoms with van der Waals surface area (Å²) in [4.78, 5) is 37.1. The Morgan fingerprint density at radius 1 is 1.03 bits per heavy atom. The normalized spacial score (nSPS) is 14.5. The van der Waals surface area contributed by atoms with Crippen molar-refractivity contribution in [2.24, 2.45) is 0 Å². The lowest BCUT2D eigenvalue weighted by Gasteiger charge is -2.35. The lowest BCUT2D eigenvalue weighted by Crippen LogP contribution is -2.49. The number of aromatic nitrogens is 4. The monoisotopic (exact) mass is 484 g/mol. The zero-order valence-corrected chi connectivity index (χ0v) is 18.3. The number of rotatable bonds is 4. The topological polar surface area (TPSA) is 97.4 Å². The molecule has 1 aliphatic heterocycles. The summed E-state index contributed by atoms with van der Waals surface area (Å²) in [5.74, 6) is -0.541. The average Bonchev–Trinajstić information content (AvgIpc) is 3.34. The Morgan fingerprint density at radius 3 is 2.57 bits per heavy atom. The van der Waals surface area contributed by atoms with Crippen molar-refractivity contribution >= 4 is 22.5 Å². The van der Waals surface area contributed by atoms with Gasteiger partial charge in [0.15, 0.2) is 5.82 Å². The van der Waals surface area contributed by atoms with Crippen LogP contribution in [0.5, 0.6) is 0 Å². The SMILES string of the molecule is O=C(c1nc(Cn2cnc3ccccc3c2=O)no1)N1CCN(c2cccc(C(F)(F)F)c2)CC1. The van der Waals surface area contributed by atoms with Gasteiger partial charge in [-0.3, -0.25) is 14.2 Å². The van der Waals surface area contributed by atoms with Crippen LogP contribution in [0.3, 0.4) is 0 Å². The molecule has 1 aliphatic rings. The van der Waals surface area contributed by atoms with E-state index < -0.39 is 17.6 Å². The number of carbonyl (C=O) groups is 1. The molecule has 5 rings (SSSR count). The number of hydrogen-bond donors (Lipinski definition) is 0. The van der Waals surface area contributed by atoms with Crippen LogP contribution in [0.2, 0.25) is 0 Å². The van der Waals surface area contributed by atoms with Gasteiger partial charge in [-0.1, -0.05) is 23.4 Å². The number of hydrogen-bond acceptors (Lipinski definition) is 7. The number of fused-ring (bicyclic) bond motifs is 1. The largest absolute Gasteiger partial charge is 0.416 e. The van der Waals surface area contributed by atoms with Crippen molar-refractivity contribution in [1.29, 1.82) is 0 Å². The zero-order chi connectivity index (χ0) is 24.6. The Bertz CT molecular complexity index is 1440. The lowest BCUT2D eigenvalue weighted by atomic mass is 10.1. The highest BCUT2D eigenvalue weighted by molar-refractivity contribution is 5.89. The maximum Gasteiger partial charge on any atom is 0.416 e. The number of benzene rings is 2. The average molecular weight is 484 g/mol. The van der Waals surface area contributed by atoms with Crippen LogP contribution in [0.4, 0.5) is 18.9 Å². The van der Waals surface area contributed by atoms with Gasteiger partial charge in [0, 0.05) is 31.9 Å². The van der Waals surface area contributed by atoms with Gasteiger partial charge in [-0.05, 0) is 30.3 Å². The minimum Gasteiger partial charge on any atom is -0.368 e. The molecular formula is C23H19F3N6O3. The summed E-state index contributed by atoms with van der Waals surface area (Å²) in [5.41, 5.74) is 0.0371. The van der Waals surface area contributed by atoms with Crippen molar-refractivity contribution < 1.29 is 22.5 Å². The van der Waals surface area contributed by atoms with Crippen molar-refractivity contribution in [2.45, 2.75) is 12.7 Å². The highest BCUT2D eigenvalue weighted by atomic mass is 19.4. The third kappa shape index (κ3) is 4.59. The van der Waals surface area contributed by atoms with Crippen molar-refractivity contribution in [2.75, 3.05) is 31.1 Å². The van der Waals surface area contributed by atoms with Crippen LogP contribution in [0.15, 0.2) is 64.2 Å². The van der Waals surface area contributed by atoms with E-state index >= 15 is 0 Å². The first-order chi connectivity index (χ1) is 16.8. The third-order valence-corrected chi connectivity index (χ3v) is 5.80. The van der Waals surface area contributed by atoms with E-state index in [9.17, 15) is 22.8 Å². The molecule has 1 amide bonds. The minimum absolute atomic E-state index is 0.0171. The van der Waals surface area contributed by atoms with Gasteiger partial charge < -0.3 is 14.3 Å². The van der Waals surface area contributed by atoms with Crippen LogP contribution in [-0.2, 0) is 12.7 Å². The van der Waals surface area contributed by atoms with Gasteiger partial charge in [0.25, 0.3) is 5.56 Å². The van der Waals surface area contributed by atoms with E-state index in [4.69, 9.17) is 4.52 Å². The van der Waals surface area contributed by atoms with Crippen LogP contribution in [0.25, 0.3) is 10.9 Å². The van der Waals surface area contributed by atoms with E-state index in [-0.39, 0.29) is 36.9 Å². The number of anilines is 1. The molecule has 4 aromatic rings. The molecule has 3 heterocycles. The van der Waals surface area contributed by atoms with E-state index in [1.54, 1.807) is 35.2 Å². The lowest BCUT2D eigenvalue weighted by molar-refractivity contribution is -0.137. The first kappa shape index (κ1) is 22.6. The molecule has 0 radical (unpaired) electrons. The molecule has 180 valence electrons. The molecule has 0 bridgehead atoms. The molecule has 1 saturated heterocycles. The number of carbonyl (C=O) groups excluding carboxylic acids is 1. The number of halogens is 3. The number of nitrogens with zero attached hydrogens (tertiary/aromatic N) is 6. The summed E-state index contributed by atoms with van der Waals surface area (Å²) in [6.45, 7) is 1.25. The standard InChI is InChI=1S/C23H19F3N6O3/c24-23(25,26)15-4-3-5-16(12-15)30-8-10-31(11-9-30)22(34)20-28-19(29-35-20)13-32-14-27-18-7-2-1-6-17(18)21(32)33/h1-7,12,14H,8-11,13H2. The Balaban J connectivity index is 1.24. The van der Waals surface area contributed by atoms with Crippen molar-refractivity contribution in [3.63, 3.8) is 0 Å². The molecule has 0 spiro atoms. The van der Waals surface area contributed by atoms with Crippen molar-refractivity contribution in [3.05, 3.63) is 82.5 Å². The van der Waals surface area contributed by atoms with Gasteiger partial charge >= 0.3 is 18.0 Å². The molecule has 2 aromatic carbocycles. The second-order valence-electron chi connectivity index (χ2n) is 8.04. The highest BCUT2D eigenvalue weighted by Gasteiger charge is 2.32. The summed E-state index contributed by atoms with van der Waals surface area (Å²) in [6, 6.07) is 12.0. The number of para-hydroxylation sites is 1. The summed E-state index contributed by atoms with van der Waals surface area (Å²) >= 11 is 0. The third-order valence-electron chi connectivity index (χ3n) is 5.80. The fourth-order valence-electron chi connectivity index (χ4n) is 3.96. The molecule has 0 N–H and O–H groups in total. The molecule has 2 aromatic heterocycles. The van der Waals surface area contributed by atoms with Crippen LogP contribution in [-0.4, -0.2) is 56.7 Å². The van der Waals surface area contributed by atoms with E-state index in [1.165, 1.54) is 21.9 Å². The van der Waals surface area contributed by atoms with Gasteiger partial charge in [-0.15, -0.1) is 0 Å². The van der Waals surface area contributed by atoms with Crippen molar-refractivity contribution in [3.8, 4) is 0 Å². The van der Waals surface area contributed by atoms with Gasteiger partial charge in [0.1, 0.15) is 0 Å². The predicted molar refractivity (Wildman–Crippen MR) is 119 cm³/mol. The Labute approximate surface area is 196 Å². The summed E-state index contributed by atoms with van der Waals surface area (Å²) < 4.78 is 45.5. The first-order valence-electron chi connectivity index (χ1n) is 10.8. The maximum atomic E-state index is 13.0. The fraction of sp³-hybridized carbons (Fsp3) is 0.261. The maximum absolute atomic E-state index is 13.0. The summed E-state index contributed by atoms with van der Waals surface area (Å²) in [5, 5.41) is 4.26. The number of alkyl halides is 3. The Morgan fingerprint density at radius 2 is 1.80 bits per heavy atom. The Hall–Kier alpha value is -4.22. The zero-order valence-electron chi connectivity index (χ0n) is 18.3. The molecule has 9 nitrogen and oxygen atoms in total. The van der Waals surface area contributed by atoms with E-state index in [1.807, 2.05) is 0 Å². The quantitative estimate of drug-likeness (QED) is 0.439. The van der Waals surface area contributed by atoms with Crippen LogP contribution >= 0.6 is 0 Å². The fourth-order valence-corrected chi connectivity index (χ4v) is 3.96. The molecule has 35 heavy (non-hydrogen) atoms. The minimum atomic E-state index is -4.42. The predicted octanol–water partition coefficient (Wildman–Crippen LogP) is 2.81. The highest BCUT2D eigenvalue weighted by Crippen LogP contribution is 2.32. The number of piperazine rings is 1. The molecular weight excluding hydrogens is 465 g/mol.